The van der Waals surface area contributed by atoms with Crippen molar-refractivity contribution in [3.05, 3.63) is 29.8 Å². The highest BCUT2D eigenvalue weighted by molar-refractivity contribution is 5.99. The number of hydrogen-bond acceptors (Lipinski definition) is 10. The molecule has 14 heteroatoms. The summed E-state index contributed by atoms with van der Waals surface area (Å²) in [4.78, 5) is 54.9. The molecule has 2 aliphatic rings. The maximum absolute atomic E-state index is 12.1. The minimum atomic E-state index is -1.25. The monoisotopic (exact) mass is 489 g/mol. The zero-order chi connectivity index (χ0) is 25.5. The lowest BCUT2D eigenvalue weighted by atomic mass is 10.0. The fourth-order valence-corrected chi connectivity index (χ4v) is 3.83. The van der Waals surface area contributed by atoms with Crippen LogP contribution in [0.2, 0.25) is 0 Å². The number of benzene rings is 1. The van der Waals surface area contributed by atoms with E-state index in [1.807, 2.05) is 0 Å². The largest absolute Gasteiger partial charge is 0.481 e. The Labute approximate surface area is 200 Å². The van der Waals surface area contributed by atoms with E-state index in [9.17, 15) is 24.3 Å². The molecule has 4 atom stereocenters. The molecule has 2 aliphatic heterocycles. The van der Waals surface area contributed by atoms with E-state index in [-0.39, 0.29) is 37.3 Å². The van der Waals surface area contributed by atoms with Gasteiger partial charge >= 0.3 is 11.9 Å². The van der Waals surface area contributed by atoms with Crippen molar-refractivity contribution in [2.24, 2.45) is 15.7 Å². The smallest absolute Gasteiger partial charge is 0.328 e. The number of carbonyl (C=O) groups excluding carboxylic acids is 2. The Morgan fingerprint density at radius 3 is 2.69 bits per heavy atom. The van der Waals surface area contributed by atoms with Crippen LogP contribution in [0, 0.1) is 0 Å². The van der Waals surface area contributed by atoms with Crippen LogP contribution in [0.1, 0.15) is 18.4 Å². The molecule has 0 aromatic heterocycles. The second-order valence-electron chi connectivity index (χ2n) is 7.95. The van der Waals surface area contributed by atoms with Crippen LogP contribution in [-0.4, -0.2) is 95.7 Å². The van der Waals surface area contributed by atoms with Crippen LogP contribution in [0.4, 0.5) is 5.69 Å². The number of methoxy groups -OCH3 is 1. The topological polar surface area (TPSA) is 208 Å². The molecule has 1 aromatic rings. The predicted octanol–water partition coefficient (Wildman–Crippen LogP) is -1.62. The summed E-state index contributed by atoms with van der Waals surface area (Å²) in [5.74, 6) is -2.78. The lowest BCUT2D eigenvalue weighted by Crippen LogP contribution is -2.73. The van der Waals surface area contributed by atoms with Crippen LogP contribution < -0.4 is 21.7 Å². The number of ether oxygens (including phenoxy) is 1. The Balaban J connectivity index is 1.63. The van der Waals surface area contributed by atoms with E-state index < -0.39 is 36.1 Å². The number of carbonyl (C=O) groups is 4. The van der Waals surface area contributed by atoms with Crippen molar-refractivity contribution in [2.75, 3.05) is 25.5 Å². The second-order valence-corrected chi connectivity index (χ2v) is 7.95. The molecule has 1 aromatic carbocycles. The standard InChI is InChI=1S/C21H27N7O7/c1-35-19(25-14(20(33)34)6-7-15(30)31)11-2-4-12(5-3-11)23-8-13-9-28(10-29)16-17(24-13)26-21(22)27-18(16)32/h2-5,10,13-14,16-17,23-24H,6-9H2,1H3,(H,30,31)(H,33,34)(H3,22,26,27,32)/b25-19-. The summed E-state index contributed by atoms with van der Waals surface area (Å²) < 4.78 is 5.23. The molecule has 188 valence electrons. The van der Waals surface area contributed by atoms with Crippen molar-refractivity contribution in [2.45, 2.75) is 37.1 Å². The Kier molecular flexibility index (Phi) is 8.20. The molecule has 0 bridgehead atoms. The van der Waals surface area contributed by atoms with Gasteiger partial charge in [0.15, 0.2) is 12.0 Å². The first-order valence-corrected chi connectivity index (χ1v) is 10.7. The molecule has 1 fully saturated rings. The molecule has 0 aliphatic carbocycles. The minimum absolute atomic E-state index is 0.0116. The maximum atomic E-state index is 12.1. The maximum Gasteiger partial charge on any atom is 0.328 e. The number of fused-ring (bicyclic) bond motifs is 1. The number of anilines is 1. The van der Waals surface area contributed by atoms with Gasteiger partial charge in [0.25, 0.3) is 5.91 Å². The number of carboxylic acid groups (broad SMARTS) is 2. The number of aliphatic carboxylic acids is 2. The first-order chi connectivity index (χ1) is 16.7. The van der Waals surface area contributed by atoms with Gasteiger partial charge in [0, 0.05) is 36.8 Å². The van der Waals surface area contributed by atoms with Crippen LogP contribution in [-0.2, 0) is 23.9 Å². The van der Waals surface area contributed by atoms with E-state index in [1.165, 1.54) is 12.0 Å². The molecule has 4 unspecified atom stereocenters. The lowest BCUT2D eigenvalue weighted by Gasteiger charge is -2.44. The average Bonchev–Trinajstić information content (AvgIpc) is 2.82. The van der Waals surface area contributed by atoms with Crippen LogP contribution in [0.3, 0.4) is 0 Å². The Hall–Kier alpha value is -4.20. The van der Waals surface area contributed by atoms with Gasteiger partial charge in [-0.3, -0.25) is 19.7 Å². The number of carboxylic acids is 2. The molecule has 2 amide bonds. The van der Waals surface area contributed by atoms with Crippen molar-refractivity contribution in [1.29, 1.82) is 0 Å². The first kappa shape index (κ1) is 25.4. The second kappa shape index (κ2) is 11.3. The molecule has 1 saturated heterocycles. The van der Waals surface area contributed by atoms with Gasteiger partial charge in [0.05, 0.1) is 7.11 Å². The Morgan fingerprint density at radius 2 is 2.09 bits per heavy atom. The van der Waals surface area contributed by atoms with Gasteiger partial charge in [0.1, 0.15) is 12.2 Å². The van der Waals surface area contributed by atoms with Gasteiger partial charge in [-0.05, 0) is 30.7 Å². The zero-order valence-corrected chi connectivity index (χ0v) is 18.9. The molecule has 0 saturated carbocycles. The summed E-state index contributed by atoms with van der Waals surface area (Å²) in [6.45, 7) is 0.702. The summed E-state index contributed by atoms with van der Waals surface area (Å²) in [7, 11) is 1.35. The summed E-state index contributed by atoms with van der Waals surface area (Å²) in [5, 5.41) is 27.5. The van der Waals surface area contributed by atoms with E-state index in [4.69, 9.17) is 15.6 Å². The highest BCUT2D eigenvalue weighted by Gasteiger charge is 2.42. The summed E-state index contributed by atoms with van der Waals surface area (Å²) in [5.41, 5.74) is 6.89. The van der Waals surface area contributed by atoms with Gasteiger partial charge in [0.2, 0.25) is 12.3 Å². The van der Waals surface area contributed by atoms with Crippen molar-refractivity contribution >= 4 is 41.8 Å². The number of amides is 2. The molecular formula is C21H27N7O7. The number of hydrogen-bond donors (Lipinski definition) is 6. The number of nitrogens with zero attached hydrogens (tertiary/aromatic N) is 3. The normalized spacial score (nSPS) is 22.8. The van der Waals surface area contributed by atoms with Crippen LogP contribution in [0.25, 0.3) is 0 Å². The molecule has 3 rings (SSSR count). The summed E-state index contributed by atoms with van der Waals surface area (Å²) >= 11 is 0. The summed E-state index contributed by atoms with van der Waals surface area (Å²) in [6, 6.07) is 4.63. The SMILES string of the molecule is CO/C(=N\C(CCC(=O)O)C(=O)O)c1ccc(NCC2CN(C=O)C3C(=O)N=C(N)NC3N2)cc1. The van der Waals surface area contributed by atoms with Gasteiger partial charge in [-0.1, -0.05) is 0 Å². The average molecular weight is 489 g/mol. The highest BCUT2D eigenvalue weighted by atomic mass is 16.5. The molecule has 0 spiro atoms. The van der Waals surface area contributed by atoms with Gasteiger partial charge < -0.3 is 36.2 Å². The van der Waals surface area contributed by atoms with E-state index in [1.54, 1.807) is 24.3 Å². The molecule has 35 heavy (non-hydrogen) atoms. The minimum Gasteiger partial charge on any atom is -0.481 e. The van der Waals surface area contributed by atoms with E-state index >= 15 is 0 Å². The van der Waals surface area contributed by atoms with Crippen molar-refractivity contribution < 1.29 is 34.1 Å². The van der Waals surface area contributed by atoms with Crippen LogP contribution in [0.5, 0.6) is 0 Å². The fourth-order valence-electron chi connectivity index (χ4n) is 3.83. The Bertz CT molecular complexity index is 1030. The highest BCUT2D eigenvalue weighted by Crippen LogP contribution is 2.16. The molecule has 0 radical (unpaired) electrons. The molecular weight excluding hydrogens is 462 g/mol. The van der Waals surface area contributed by atoms with Crippen molar-refractivity contribution in [3.8, 4) is 0 Å². The number of nitrogens with two attached hydrogens (primary N) is 1. The number of piperazine rings is 1. The number of nitrogens with one attached hydrogen (secondary N) is 3. The lowest BCUT2D eigenvalue weighted by molar-refractivity contribution is -0.139. The fraction of sp³-hybridized carbons (Fsp3) is 0.429. The third-order valence-corrected chi connectivity index (χ3v) is 5.51. The van der Waals surface area contributed by atoms with Gasteiger partial charge in [-0.2, -0.15) is 4.99 Å². The Morgan fingerprint density at radius 1 is 1.37 bits per heavy atom. The van der Waals surface area contributed by atoms with Gasteiger partial charge in [-0.15, -0.1) is 0 Å². The third kappa shape index (κ3) is 6.44. The number of aliphatic imine (C=N–C) groups is 2. The third-order valence-electron chi connectivity index (χ3n) is 5.51. The van der Waals surface area contributed by atoms with E-state index in [0.29, 0.717) is 18.5 Å². The first-order valence-electron chi connectivity index (χ1n) is 10.7. The van der Waals surface area contributed by atoms with Crippen molar-refractivity contribution in [3.63, 3.8) is 0 Å². The quantitative estimate of drug-likeness (QED) is 0.125. The van der Waals surface area contributed by atoms with Crippen LogP contribution >= 0.6 is 0 Å². The van der Waals surface area contributed by atoms with E-state index in [2.05, 4.69) is 25.9 Å². The molecule has 2 heterocycles. The number of guanidine groups is 1. The van der Waals surface area contributed by atoms with E-state index in [0.717, 1.165) is 5.69 Å². The predicted molar refractivity (Wildman–Crippen MR) is 124 cm³/mol. The molecule has 14 nitrogen and oxygen atoms in total. The van der Waals surface area contributed by atoms with Crippen molar-refractivity contribution in [1.82, 2.24) is 15.5 Å². The zero-order valence-electron chi connectivity index (χ0n) is 18.9. The number of rotatable bonds is 10. The van der Waals surface area contributed by atoms with Crippen LogP contribution in [0.15, 0.2) is 34.3 Å². The van der Waals surface area contributed by atoms with Gasteiger partial charge in [-0.25, -0.2) is 9.79 Å². The molecule has 7 N–H and O–H groups in total. The summed E-state index contributed by atoms with van der Waals surface area (Å²) in [6.07, 6.45) is -0.439.